The molecule has 0 amide bonds. The van der Waals surface area contributed by atoms with E-state index in [0.29, 0.717) is 16.6 Å². The van der Waals surface area contributed by atoms with E-state index in [1.165, 1.54) is 0 Å². The predicted molar refractivity (Wildman–Crippen MR) is 59.5 cm³/mol. The van der Waals surface area contributed by atoms with Crippen molar-refractivity contribution in [3.05, 3.63) is 28.0 Å². The number of hydrogen-bond donors (Lipinski definition) is 2. The average Bonchev–Trinajstić information content (AvgIpc) is 2.14. The van der Waals surface area contributed by atoms with Crippen molar-refractivity contribution in [2.75, 3.05) is 6.54 Å². The number of rotatable bonds is 4. The molecule has 0 aliphatic rings. The predicted octanol–water partition coefficient (Wildman–Crippen LogP) is 2.13. The molecule has 5 heteroatoms. The van der Waals surface area contributed by atoms with Crippen LogP contribution in [-0.4, -0.2) is 11.5 Å². The Bertz CT molecular complexity index is 284. The molecule has 0 aliphatic heterocycles. The van der Waals surface area contributed by atoms with Gasteiger partial charge in [0.25, 0.3) is 0 Å². The molecular weight excluding hydrogens is 221 g/mol. The maximum atomic E-state index is 5.95. The van der Waals surface area contributed by atoms with E-state index in [2.05, 4.69) is 4.98 Å². The van der Waals surface area contributed by atoms with E-state index in [1.54, 1.807) is 12.4 Å². The van der Waals surface area contributed by atoms with Crippen LogP contribution in [0.3, 0.4) is 0 Å². The van der Waals surface area contributed by atoms with Crippen LogP contribution in [0.1, 0.15) is 24.4 Å². The fourth-order valence-corrected chi connectivity index (χ4v) is 1.90. The first kappa shape index (κ1) is 11.7. The molecule has 0 fully saturated rings. The minimum absolute atomic E-state index is 0.165. The molecule has 78 valence electrons. The van der Waals surface area contributed by atoms with Crippen molar-refractivity contribution in [3.63, 3.8) is 0 Å². The molecule has 4 N–H and O–H groups in total. The zero-order valence-electron chi connectivity index (χ0n) is 7.71. The lowest BCUT2D eigenvalue weighted by molar-refractivity contribution is 0.617. The highest BCUT2D eigenvalue weighted by atomic mass is 35.5. The van der Waals surface area contributed by atoms with Crippen LogP contribution in [0.5, 0.6) is 0 Å². The van der Waals surface area contributed by atoms with Crippen LogP contribution >= 0.6 is 23.2 Å². The van der Waals surface area contributed by atoms with Gasteiger partial charge in [0.1, 0.15) is 0 Å². The third-order valence-electron chi connectivity index (χ3n) is 1.98. The van der Waals surface area contributed by atoms with E-state index in [1.807, 2.05) is 0 Å². The highest BCUT2D eigenvalue weighted by Gasteiger charge is 2.13. The van der Waals surface area contributed by atoms with Crippen LogP contribution in [0.15, 0.2) is 12.4 Å². The van der Waals surface area contributed by atoms with Crippen molar-refractivity contribution in [1.29, 1.82) is 0 Å². The number of hydrogen-bond acceptors (Lipinski definition) is 3. The molecular formula is C9H13Cl2N3. The Balaban J connectivity index is 2.82. The number of pyridine rings is 1. The highest BCUT2D eigenvalue weighted by Crippen LogP contribution is 2.29. The molecule has 3 nitrogen and oxygen atoms in total. The van der Waals surface area contributed by atoms with Crippen molar-refractivity contribution in [1.82, 2.24) is 4.98 Å². The molecule has 1 aromatic heterocycles. The number of halogens is 2. The van der Waals surface area contributed by atoms with Crippen LogP contribution in [0.25, 0.3) is 0 Å². The van der Waals surface area contributed by atoms with Crippen LogP contribution in [0.4, 0.5) is 0 Å². The Morgan fingerprint density at radius 2 is 1.86 bits per heavy atom. The molecule has 1 rings (SSSR count). The van der Waals surface area contributed by atoms with Crippen molar-refractivity contribution < 1.29 is 0 Å². The van der Waals surface area contributed by atoms with Crippen molar-refractivity contribution in [2.24, 2.45) is 11.5 Å². The SMILES string of the molecule is NCCC[C@H](N)c1c(Cl)cncc1Cl. The van der Waals surface area contributed by atoms with Gasteiger partial charge in [0.2, 0.25) is 0 Å². The summed E-state index contributed by atoms with van der Waals surface area (Å²) < 4.78 is 0. The summed E-state index contributed by atoms with van der Waals surface area (Å²) in [7, 11) is 0. The highest BCUT2D eigenvalue weighted by molar-refractivity contribution is 6.35. The van der Waals surface area contributed by atoms with Gasteiger partial charge in [0, 0.05) is 24.0 Å². The zero-order chi connectivity index (χ0) is 10.6. The summed E-state index contributed by atoms with van der Waals surface area (Å²) >= 11 is 11.9. The lowest BCUT2D eigenvalue weighted by atomic mass is 10.0. The molecule has 1 heterocycles. The van der Waals surface area contributed by atoms with Gasteiger partial charge >= 0.3 is 0 Å². The molecule has 0 aliphatic carbocycles. The zero-order valence-corrected chi connectivity index (χ0v) is 9.22. The summed E-state index contributed by atoms with van der Waals surface area (Å²) in [6.45, 7) is 0.619. The Morgan fingerprint density at radius 3 is 2.36 bits per heavy atom. The molecule has 1 aromatic rings. The van der Waals surface area contributed by atoms with Crippen LogP contribution in [-0.2, 0) is 0 Å². The van der Waals surface area contributed by atoms with Gasteiger partial charge in [0.15, 0.2) is 0 Å². The molecule has 1 atom stereocenters. The fourth-order valence-electron chi connectivity index (χ4n) is 1.26. The van der Waals surface area contributed by atoms with E-state index in [0.717, 1.165) is 18.4 Å². The molecule has 0 radical (unpaired) electrons. The van der Waals surface area contributed by atoms with Crippen LogP contribution in [0.2, 0.25) is 10.0 Å². The first-order chi connectivity index (χ1) is 6.66. The van der Waals surface area contributed by atoms with Gasteiger partial charge in [-0.05, 0) is 19.4 Å². The van der Waals surface area contributed by atoms with Gasteiger partial charge in [0.05, 0.1) is 10.0 Å². The van der Waals surface area contributed by atoms with E-state index >= 15 is 0 Å². The summed E-state index contributed by atoms with van der Waals surface area (Å²) in [6, 6.07) is -0.165. The first-order valence-electron chi connectivity index (χ1n) is 4.41. The second-order valence-corrected chi connectivity index (χ2v) is 3.87. The van der Waals surface area contributed by atoms with Gasteiger partial charge in [-0.15, -0.1) is 0 Å². The second kappa shape index (κ2) is 5.51. The summed E-state index contributed by atoms with van der Waals surface area (Å²) in [6.07, 6.45) is 4.73. The van der Waals surface area contributed by atoms with Gasteiger partial charge in [-0.2, -0.15) is 0 Å². The monoisotopic (exact) mass is 233 g/mol. The van der Waals surface area contributed by atoms with Crippen molar-refractivity contribution >= 4 is 23.2 Å². The summed E-state index contributed by atoms with van der Waals surface area (Å²) in [5.41, 5.74) is 12.1. The fraction of sp³-hybridized carbons (Fsp3) is 0.444. The van der Waals surface area contributed by atoms with E-state index in [9.17, 15) is 0 Å². The van der Waals surface area contributed by atoms with Gasteiger partial charge in [-0.3, -0.25) is 4.98 Å². The Labute approximate surface area is 93.4 Å². The summed E-state index contributed by atoms with van der Waals surface area (Å²) in [5, 5.41) is 1.03. The van der Waals surface area contributed by atoms with Gasteiger partial charge in [-0.25, -0.2) is 0 Å². The minimum Gasteiger partial charge on any atom is -0.330 e. The van der Waals surface area contributed by atoms with Crippen molar-refractivity contribution in [3.8, 4) is 0 Å². The standard InChI is InChI=1S/C9H13Cl2N3/c10-6-4-14-5-7(11)9(6)8(13)2-1-3-12/h4-5,8H,1-3,12-13H2/t8-/m0/s1. The second-order valence-electron chi connectivity index (χ2n) is 3.05. The largest absolute Gasteiger partial charge is 0.330 e. The van der Waals surface area contributed by atoms with E-state index in [4.69, 9.17) is 34.7 Å². The Morgan fingerprint density at radius 1 is 1.29 bits per heavy atom. The molecule has 0 saturated carbocycles. The maximum absolute atomic E-state index is 5.95. The van der Waals surface area contributed by atoms with Crippen LogP contribution < -0.4 is 11.5 Å². The quantitative estimate of drug-likeness (QED) is 0.838. The summed E-state index contributed by atoms with van der Waals surface area (Å²) in [5.74, 6) is 0. The lowest BCUT2D eigenvalue weighted by Gasteiger charge is -2.14. The number of nitrogens with zero attached hydrogens (tertiary/aromatic N) is 1. The molecule has 0 aromatic carbocycles. The Kier molecular flexibility index (Phi) is 4.62. The number of aromatic nitrogens is 1. The van der Waals surface area contributed by atoms with Gasteiger partial charge < -0.3 is 11.5 Å². The van der Waals surface area contributed by atoms with Gasteiger partial charge in [-0.1, -0.05) is 23.2 Å². The summed E-state index contributed by atoms with van der Waals surface area (Å²) in [4.78, 5) is 3.86. The van der Waals surface area contributed by atoms with E-state index in [-0.39, 0.29) is 6.04 Å². The van der Waals surface area contributed by atoms with Crippen molar-refractivity contribution in [2.45, 2.75) is 18.9 Å². The third-order valence-corrected chi connectivity index (χ3v) is 2.58. The Hall–Kier alpha value is -0.350. The molecule has 0 unspecified atom stereocenters. The van der Waals surface area contributed by atoms with E-state index < -0.39 is 0 Å². The first-order valence-corrected chi connectivity index (χ1v) is 5.17. The smallest absolute Gasteiger partial charge is 0.0651 e. The average molecular weight is 234 g/mol. The molecule has 0 bridgehead atoms. The topological polar surface area (TPSA) is 64.9 Å². The molecule has 0 spiro atoms. The number of nitrogens with two attached hydrogens (primary N) is 2. The van der Waals surface area contributed by atoms with Crippen LogP contribution in [0, 0.1) is 0 Å². The molecule has 0 saturated heterocycles. The third kappa shape index (κ3) is 2.82. The maximum Gasteiger partial charge on any atom is 0.0651 e. The molecule has 14 heavy (non-hydrogen) atoms. The minimum atomic E-state index is -0.165. The normalized spacial score (nSPS) is 12.9. The lowest BCUT2D eigenvalue weighted by Crippen LogP contribution is -2.13.